The number of fused-ring (bicyclic) bond motifs is 1. The van der Waals surface area contributed by atoms with Crippen molar-refractivity contribution in [2.45, 2.75) is 39.0 Å². The van der Waals surface area contributed by atoms with Gasteiger partial charge >= 0.3 is 12.3 Å². The summed E-state index contributed by atoms with van der Waals surface area (Å²) in [4.78, 5) is 16.1. The van der Waals surface area contributed by atoms with Gasteiger partial charge in [-0.2, -0.15) is 13.2 Å². The lowest BCUT2D eigenvalue weighted by Crippen LogP contribution is -2.26. The summed E-state index contributed by atoms with van der Waals surface area (Å²) >= 11 is 0. The van der Waals surface area contributed by atoms with Gasteiger partial charge in [0.1, 0.15) is 5.60 Å². The molecule has 0 saturated heterocycles. The Morgan fingerprint density at radius 1 is 1.11 bits per heavy atom. The number of benzene rings is 1. The molecule has 0 unspecified atom stereocenters. The zero-order chi connectivity index (χ0) is 19.8. The Labute approximate surface area is 154 Å². The van der Waals surface area contributed by atoms with Gasteiger partial charge in [-0.1, -0.05) is 18.2 Å². The van der Waals surface area contributed by atoms with Crippen molar-refractivity contribution in [3.8, 4) is 11.1 Å². The van der Waals surface area contributed by atoms with E-state index in [2.05, 4.69) is 4.98 Å². The molecule has 27 heavy (non-hydrogen) atoms. The van der Waals surface area contributed by atoms with Gasteiger partial charge in [-0.15, -0.1) is 0 Å². The number of hydrogen-bond acceptors (Lipinski definition) is 3. The fraction of sp³-hybridized carbons (Fsp3) is 0.300. The van der Waals surface area contributed by atoms with E-state index in [1.165, 1.54) is 10.8 Å². The molecule has 1 aromatic carbocycles. The molecule has 0 radical (unpaired) electrons. The molecule has 0 fully saturated rings. The molecule has 3 rings (SSSR count). The molecule has 0 spiro atoms. The van der Waals surface area contributed by atoms with E-state index in [1.54, 1.807) is 63.5 Å². The minimum absolute atomic E-state index is 0.0316. The highest BCUT2D eigenvalue weighted by Crippen LogP contribution is 2.30. The molecular formula is C20H19F3N2O2. The largest absolute Gasteiger partial charge is 0.443 e. The molecule has 3 aromatic rings. The van der Waals surface area contributed by atoms with Crippen molar-refractivity contribution in [1.82, 2.24) is 9.55 Å². The van der Waals surface area contributed by atoms with Crippen LogP contribution in [0.3, 0.4) is 0 Å². The molecule has 2 heterocycles. The minimum Gasteiger partial charge on any atom is -0.443 e. The number of hydrogen-bond donors (Lipinski definition) is 0. The number of nitrogens with zero attached hydrogens (tertiary/aromatic N) is 2. The maximum atomic E-state index is 12.8. The average Bonchev–Trinajstić information content (AvgIpc) is 2.95. The molecular weight excluding hydrogens is 357 g/mol. The lowest BCUT2D eigenvalue weighted by molar-refractivity contribution is -0.127. The van der Waals surface area contributed by atoms with Crippen molar-refractivity contribution < 1.29 is 22.7 Å². The molecule has 0 aliphatic rings. The number of aromatic nitrogens is 2. The topological polar surface area (TPSA) is 44.1 Å². The van der Waals surface area contributed by atoms with Gasteiger partial charge < -0.3 is 4.74 Å². The van der Waals surface area contributed by atoms with E-state index in [-0.39, 0.29) is 5.69 Å². The van der Waals surface area contributed by atoms with Crippen LogP contribution < -0.4 is 0 Å². The number of ether oxygens (including phenoxy) is 1. The van der Waals surface area contributed by atoms with E-state index in [0.717, 1.165) is 10.8 Å². The van der Waals surface area contributed by atoms with Gasteiger partial charge in [-0.25, -0.2) is 4.79 Å². The summed E-state index contributed by atoms with van der Waals surface area (Å²) in [5.41, 5.74) is 0.371. The van der Waals surface area contributed by atoms with Crippen LogP contribution in [0.25, 0.3) is 21.9 Å². The number of pyridine rings is 1. The van der Waals surface area contributed by atoms with E-state index in [9.17, 15) is 18.0 Å². The SMILES string of the molecule is CC(C)(C)OC(=O)n1cc2ccc(-c3cccnc3CC(F)(F)F)cc2c1. The van der Waals surface area contributed by atoms with Crippen molar-refractivity contribution in [2.24, 2.45) is 0 Å². The number of halogens is 3. The first-order valence-corrected chi connectivity index (χ1v) is 8.38. The first-order valence-electron chi connectivity index (χ1n) is 8.38. The molecule has 0 aliphatic carbocycles. The molecule has 0 saturated carbocycles. The monoisotopic (exact) mass is 376 g/mol. The summed E-state index contributed by atoms with van der Waals surface area (Å²) in [5.74, 6) is 0. The smallest absolute Gasteiger partial charge is 0.418 e. The van der Waals surface area contributed by atoms with E-state index < -0.39 is 24.3 Å². The van der Waals surface area contributed by atoms with Crippen molar-refractivity contribution in [2.75, 3.05) is 0 Å². The number of rotatable bonds is 2. The molecule has 142 valence electrons. The lowest BCUT2D eigenvalue weighted by atomic mass is 10.0. The van der Waals surface area contributed by atoms with Crippen LogP contribution in [-0.4, -0.2) is 27.4 Å². The second kappa shape index (κ2) is 6.72. The summed E-state index contributed by atoms with van der Waals surface area (Å²) < 4.78 is 45.1. The molecule has 0 N–H and O–H groups in total. The first-order chi connectivity index (χ1) is 12.5. The van der Waals surface area contributed by atoms with Crippen molar-refractivity contribution in [1.29, 1.82) is 0 Å². The highest BCUT2D eigenvalue weighted by atomic mass is 19.4. The second-order valence-corrected chi connectivity index (χ2v) is 7.28. The zero-order valence-electron chi connectivity index (χ0n) is 15.2. The standard InChI is InChI=1S/C20H19F3N2O2/c1-19(2,3)27-18(26)25-11-14-7-6-13(9-15(14)12-25)16-5-4-8-24-17(16)10-20(21,22)23/h4-9,11-12H,10H2,1-3H3. The van der Waals surface area contributed by atoms with Crippen molar-refractivity contribution in [3.05, 3.63) is 54.6 Å². The molecule has 0 aliphatic heterocycles. The third kappa shape index (κ3) is 4.67. The fourth-order valence-corrected chi connectivity index (χ4v) is 2.76. The van der Waals surface area contributed by atoms with Crippen LogP contribution in [0.1, 0.15) is 26.5 Å². The maximum absolute atomic E-state index is 12.8. The summed E-state index contributed by atoms with van der Waals surface area (Å²) in [6, 6.07) is 8.44. The Bertz CT molecular complexity index is 985. The van der Waals surface area contributed by atoms with Gasteiger partial charge in [-0.05, 0) is 38.5 Å². The Morgan fingerprint density at radius 2 is 1.81 bits per heavy atom. The third-order valence-corrected chi connectivity index (χ3v) is 3.82. The normalized spacial score (nSPS) is 12.4. The average molecular weight is 376 g/mol. The van der Waals surface area contributed by atoms with Crippen LogP contribution in [-0.2, 0) is 11.2 Å². The Kier molecular flexibility index (Phi) is 4.71. The van der Waals surface area contributed by atoms with E-state index in [0.29, 0.717) is 11.1 Å². The lowest BCUT2D eigenvalue weighted by Gasteiger charge is -2.19. The maximum Gasteiger partial charge on any atom is 0.418 e. The third-order valence-electron chi connectivity index (χ3n) is 3.82. The molecule has 0 atom stereocenters. The van der Waals surface area contributed by atoms with Crippen LogP contribution in [0.5, 0.6) is 0 Å². The van der Waals surface area contributed by atoms with Gasteiger partial charge in [-0.3, -0.25) is 9.55 Å². The molecule has 0 amide bonds. The Morgan fingerprint density at radius 3 is 2.48 bits per heavy atom. The number of carbonyl (C=O) groups is 1. The Balaban J connectivity index is 1.98. The molecule has 2 aromatic heterocycles. The van der Waals surface area contributed by atoms with Gasteiger partial charge in [0.05, 0.1) is 12.1 Å². The predicted octanol–water partition coefficient (Wildman–Crippen LogP) is 5.59. The highest BCUT2D eigenvalue weighted by Gasteiger charge is 2.30. The van der Waals surface area contributed by atoms with E-state index in [1.807, 2.05) is 0 Å². The fourth-order valence-electron chi connectivity index (χ4n) is 2.76. The van der Waals surface area contributed by atoms with Crippen LogP contribution in [0.15, 0.2) is 48.9 Å². The van der Waals surface area contributed by atoms with Gasteiger partial charge in [0.15, 0.2) is 0 Å². The minimum atomic E-state index is -4.34. The van der Waals surface area contributed by atoms with Crippen molar-refractivity contribution in [3.63, 3.8) is 0 Å². The number of alkyl halides is 3. The summed E-state index contributed by atoms with van der Waals surface area (Å²) in [6.07, 6.45) is -1.37. The molecule has 4 nitrogen and oxygen atoms in total. The quantitative estimate of drug-likeness (QED) is 0.585. The Hall–Kier alpha value is -2.83. The second-order valence-electron chi connectivity index (χ2n) is 7.28. The van der Waals surface area contributed by atoms with Crippen LogP contribution in [0.4, 0.5) is 18.0 Å². The molecule has 0 bridgehead atoms. The van der Waals surface area contributed by atoms with E-state index >= 15 is 0 Å². The number of carbonyl (C=O) groups excluding carboxylic acids is 1. The highest BCUT2D eigenvalue weighted by molar-refractivity contribution is 5.90. The zero-order valence-corrected chi connectivity index (χ0v) is 15.2. The van der Waals surface area contributed by atoms with Crippen LogP contribution >= 0.6 is 0 Å². The van der Waals surface area contributed by atoms with Gasteiger partial charge in [0, 0.05) is 34.9 Å². The van der Waals surface area contributed by atoms with Gasteiger partial charge in [0.25, 0.3) is 0 Å². The van der Waals surface area contributed by atoms with Crippen LogP contribution in [0, 0.1) is 0 Å². The van der Waals surface area contributed by atoms with Crippen LogP contribution in [0.2, 0.25) is 0 Å². The van der Waals surface area contributed by atoms with Gasteiger partial charge in [0.2, 0.25) is 0 Å². The first kappa shape index (κ1) is 18.9. The summed E-state index contributed by atoms with van der Waals surface area (Å²) in [6.45, 7) is 5.32. The summed E-state index contributed by atoms with van der Waals surface area (Å²) in [5, 5.41) is 1.51. The summed E-state index contributed by atoms with van der Waals surface area (Å²) in [7, 11) is 0. The molecule has 7 heteroatoms. The predicted molar refractivity (Wildman–Crippen MR) is 96.6 cm³/mol. The van der Waals surface area contributed by atoms with Crippen molar-refractivity contribution >= 4 is 16.9 Å². The van der Waals surface area contributed by atoms with E-state index in [4.69, 9.17) is 4.74 Å².